The second-order valence-electron chi connectivity index (χ2n) is 7.26. The van der Waals surface area contributed by atoms with Gasteiger partial charge in [-0.25, -0.2) is 0 Å². The summed E-state index contributed by atoms with van der Waals surface area (Å²) >= 11 is 0. The zero-order valence-corrected chi connectivity index (χ0v) is 16.6. The number of ether oxygens (including phenoxy) is 1. The van der Waals surface area contributed by atoms with Crippen LogP contribution in [0, 0.1) is 0 Å². The summed E-state index contributed by atoms with van der Waals surface area (Å²) in [7, 11) is 0. The van der Waals surface area contributed by atoms with Gasteiger partial charge in [0.2, 0.25) is 6.10 Å². The van der Waals surface area contributed by atoms with Crippen LogP contribution in [0.4, 0.5) is 0 Å². The molecule has 1 aliphatic heterocycles. The fraction of sp³-hybridized carbons (Fsp3) is 0.167. The van der Waals surface area contributed by atoms with E-state index in [1.54, 1.807) is 54.6 Å². The van der Waals surface area contributed by atoms with Gasteiger partial charge in [0.05, 0.1) is 0 Å². The highest BCUT2D eigenvalue weighted by molar-refractivity contribution is 6.25. The van der Waals surface area contributed by atoms with Gasteiger partial charge < -0.3 is 10.5 Å². The van der Waals surface area contributed by atoms with Crippen molar-refractivity contribution in [1.82, 2.24) is 4.90 Å². The van der Waals surface area contributed by atoms with Crippen LogP contribution in [-0.4, -0.2) is 35.1 Å². The predicted molar refractivity (Wildman–Crippen MR) is 113 cm³/mol. The Bertz CT molecular complexity index is 1140. The third kappa shape index (κ3) is 3.90. The summed E-state index contributed by atoms with van der Waals surface area (Å²) in [5, 5.41) is 1.49. The lowest BCUT2D eigenvalue weighted by Crippen LogP contribution is -2.41. The number of rotatable bonds is 7. The quantitative estimate of drug-likeness (QED) is 0.471. The fourth-order valence-corrected chi connectivity index (χ4v) is 3.77. The van der Waals surface area contributed by atoms with Crippen molar-refractivity contribution in [1.29, 1.82) is 0 Å². The number of nitrogens with two attached hydrogens (primary N) is 1. The van der Waals surface area contributed by atoms with Crippen LogP contribution >= 0.6 is 0 Å². The lowest BCUT2D eigenvalue weighted by molar-refractivity contribution is -0.155. The molecule has 3 aromatic rings. The first-order valence-electron chi connectivity index (χ1n) is 9.89. The maximum Gasteiger partial charge on any atom is 0.306 e. The number of hydrogen-bond donors (Lipinski definition) is 1. The van der Waals surface area contributed by atoms with E-state index in [1.807, 2.05) is 12.1 Å². The van der Waals surface area contributed by atoms with E-state index in [4.69, 9.17) is 10.5 Å². The zero-order chi connectivity index (χ0) is 22.0. The molecular weight excluding hydrogens is 396 g/mol. The van der Waals surface area contributed by atoms with Crippen molar-refractivity contribution in [3.8, 4) is 0 Å². The number of imide groups is 1. The molecule has 7 heteroatoms. The van der Waals surface area contributed by atoms with E-state index < -0.39 is 18.0 Å². The molecule has 0 bridgehead atoms. The van der Waals surface area contributed by atoms with Crippen LogP contribution in [0.15, 0.2) is 66.7 Å². The molecule has 4 rings (SSSR count). The van der Waals surface area contributed by atoms with Gasteiger partial charge in [-0.15, -0.1) is 0 Å². The molecule has 2 N–H and O–H groups in total. The van der Waals surface area contributed by atoms with E-state index in [2.05, 4.69) is 0 Å². The average molecular weight is 416 g/mol. The molecule has 0 saturated heterocycles. The van der Waals surface area contributed by atoms with Gasteiger partial charge in [-0.1, -0.05) is 54.6 Å². The topological polar surface area (TPSA) is 107 Å². The monoisotopic (exact) mass is 416 g/mol. The van der Waals surface area contributed by atoms with Gasteiger partial charge in [-0.3, -0.25) is 24.1 Å². The first-order chi connectivity index (χ1) is 15.0. The summed E-state index contributed by atoms with van der Waals surface area (Å²) in [6, 6.07) is 19.1. The van der Waals surface area contributed by atoms with Gasteiger partial charge in [0.15, 0.2) is 0 Å². The molecule has 7 nitrogen and oxygen atoms in total. The number of benzene rings is 3. The van der Waals surface area contributed by atoms with Gasteiger partial charge in [0, 0.05) is 35.0 Å². The molecule has 0 radical (unpaired) electrons. The van der Waals surface area contributed by atoms with Crippen molar-refractivity contribution in [3.05, 3.63) is 83.4 Å². The second kappa shape index (κ2) is 8.39. The molecular formula is C24H20N2O5. The molecule has 31 heavy (non-hydrogen) atoms. The first kappa shape index (κ1) is 20.3. The van der Waals surface area contributed by atoms with E-state index in [0.29, 0.717) is 22.1 Å². The minimum Gasteiger partial charge on any atom is -0.447 e. The number of esters is 1. The highest BCUT2D eigenvalue weighted by Gasteiger charge is 2.32. The van der Waals surface area contributed by atoms with Gasteiger partial charge in [0.25, 0.3) is 17.7 Å². The Morgan fingerprint density at radius 2 is 1.48 bits per heavy atom. The zero-order valence-electron chi connectivity index (χ0n) is 16.6. The third-order valence-electron chi connectivity index (χ3n) is 5.23. The summed E-state index contributed by atoms with van der Waals surface area (Å²) in [6.45, 7) is 0.0596. The molecule has 1 aliphatic rings. The van der Waals surface area contributed by atoms with Crippen molar-refractivity contribution in [2.45, 2.75) is 18.9 Å². The minimum atomic E-state index is -1.18. The largest absolute Gasteiger partial charge is 0.447 e. The van der Waals surface area contributed by atoms with Gasteiger partial charge in [-0.2, -0.15) is 0 Å². The fourth-order valence-electron chi connectivity index (χ4n) is 3.77. The van der Waals surface area contributed by atoms with E-state index in [0.717, 1.165) is 10.3 Å². The normalized spacial score (nSPS) is 13.9. The van der Waals surface area contributed by atoms with Crippen molar-refractivity contribution in [3.63, 3.8) is 0 Å². The Morgan fingerprint density at radius 3 is 2.06 bits per heavy atom. The van der Waals surface area contributed by atoms with Crippen LogP contribution in [0.2, 0.25) is 0 Å². The van der Waals surface area contributed by atoms with Gasteiger partial charge >= 0.3 is 5.97 Å². The van der Waals surface area contributed by atoms with Crippen LogP contribution in [0.5, 0.6) is 0 Å². The number of primary amides is 1. The summed E-state index contributed by atoms with van der Waals surface area (Å²) in [6.07, 6.45) is -1.05. The van der Waals surface area contributed by atoms with E-state index >= 15 is 0 Å². The Hall–Kier alpha value is -4.00. The van der Waals surface area contributed by atoms with E-state index in [9.17, 15) is 19.2 Å². The Kier molecular flexibility index (Phi) is 5.49. The minimum absolute atomic E-state index is 0.0596. The molecule has 3 amide bonds. The van der Waals surface area contributed by atoms with Crippen LogP contribution in [0.3, 0.4) is 0 Å². The second-order valence-corrected chi connectivity index (χ2v) is 7.26. The molecule has 156 valence electrons. The summed E-state index contributed by atoms with van der Waals surface area (Å²) in [4.78, 5) is 50.9. The number of nitrogens with zero attached hydrogens (tertiary/aromatic N) is 1. The summed E-state index contributed by atoms with van der Waals surface area (Å²) in [5.74, 6) is -2.18. The maximum absolute atomic E-state index is 12.9. The maximum atomic E-state index is 12.9. The summed E-state index contributed by atoms with van der Waals surface area (Å²) < 4.78 is 5.24. The van der Waals surface area contributed by atoms with Crippen LogP contribution in [-0.2, 0) is 14.3 Å². The lowest BCUT2D eigenvalue weighted by atomic mass is 9.94. The average Bonchev–Trinajstić information content (AvgIpc) is 2.78. The van der Waals surface area contributed by atoms with E-state index in [-0.39, 0.29) is 31.2 Å². The van der Waals surface area contributed by atoms with Crippen LogP contribution in [0.25, 0.3) is 10.8 Å². The molecule has 0 aliphatic carbocycles. The highest BCUT2D eigenvalue weighted by atomic mass is 16.5. The number of hydrogen-bond acceptors (Lipinski definition) is 5. The van der Waals surface area contributed by atoms with E-state index in [1.165, 1.54) is 0 Å². The molecule has 3 aromatic carbocycles. The standard InChI is InChI=1S/C24H20N2O5/c25-22(28)21(16-7-2-1-3-8-16)31-19(27)13-6-14-26-23(29)17-11-4-9-15-10-5-12-18(20(15)17)24(26)30/h1-5,7-12,21H,6,13-14H2,(H2,25,28). The Morgan fingerprint density at radius 1 is 0.871 bits per heavy atom. The molecule has 1 heterocycles. The molecule has 1 unspecified atom stereocenters. The smallest absolute Gasteiger partial charge is 0.306 e. The summed E-state index contributed by atoms with van der Waals surface area (Å²) in [5.41, 5.74) is 6.78. The van der Waals surface area contributed by atoms with Gasteiger partial charge in [0.1, 0.15) is 0 Å². The SMILES string of the molecule is NC(=O)C(OC(=O)CCCN1C(=O)c2cccc3cccc(c23)C1=O)c1ccccc1. The highest BCUT2D eigenvalue weighted by Crippen LogP contribution is 2.30. The van der Waals surface area contributed by atoms with Crippen molar-refractivity contribution < 1.29 is 23.9 Å². The molecule has 0 saturated carbocycles. The number of amides is 3. The molecule has 0 fully saturated rings. The molecule has 1 atom stereocenters. The van der Waals surface area contributed by atoms with Crippen LogP contribution in [0.1, 0.15) is 45.2 Å². The number of carbonyl (C=O) groups excluding carboxylic acids is 4. The molecule has 0 aromatic heterocycles. The Balaban J connectivity index is 1.42. The Labute approximate surface area is 178 Å². The third-order valence-corrected chi connectivity index (χ3v) is 5.23. The first-order valence-corrected chi connectivity index (χ1v) is 9.89. The van der Waals surface area contributed by atoms with Crippen molar-refractivity contribution in [2.75, 3.05) is 6.54 Å². The van der Waals surface area contributed by atoms with Crippen molar-refractivity contribution >= 4 is 34.5 Å². The lowest BCUT2D eigenvalue weighted by Gasteiger charge is -2.27. The number of carbonyl (C=O) groups is 4. The van der Waals surface area contributed by atoms with Crippen LogP contribution < -0.4 is 5.73 Å². The van der Waals surface area contributed by atoms with Crippen molar-refractivity contribution in [2.24, 2.45) is 5.73 Å². The van der Waals surface area contributed by atoms with Gasteiger partial charge in [-0.05, 0) is 23.9 Å². The predicted octanol–water partition coefficient (Wildman–Crippen LogP) is 2.99. The molecule has 0 spiro atoms.